The third kappa shape index (κ3) is 20.3. The summed E-state index contributed by atoms with van der Waals surface area (Å²) in [6.45, 7) is 0. The van der Waals surface area contributed by atoms with Crippen molar-refractivity contribution in [3.63, 3.8) is 0 Å². The third-order valence-corrected chi connectivity index (χ3v) is 8.28. The van der Waals surface area contributed by atoms with Gasteiger partial charge >= 0.3 is 48.6 Å². The maximum absolute atomic E-state index is 9.75. The van der Waals surface area contributed by atoms with Crippen molar-refractivity contribution < 1.29 is 84.0 Å². The van der Waals surface area contributed by atoms with Crippen LogP contribution in [0.5, 0.6) is 0 Å². The molecule has 0 aliphatic carbocycles. The Labute approximate surface area is 437 Å². The number of aromatic nitrogens is 16. The molecule has 0 fully saturated rings. The largest absolute Gasteiger partial charge is 2.00 e. The molecule has 1 N–H and O–H groups in total. The quantitative estimate of drug-likeness (QED) is 0.134. The van der Waals surface area contributed by atoms with Crippen LogP contribution < -0.4 is 10.2 Å². The average molecular weight is 1130 g/mol. The van der Waals surface area contributed by atoms with Crippen LogP contribution in [0.3, 0.4) is 0 Å². The van der Waals surface area contributed by atoms with Crippen LogP contribution in [-0.4, -0.2) is 120 Å². The number of aliphatic hydroxyl groups excluding tert-OH is 1. The van der Waals surface area contributed by atoms with Gasteiger partial charge in [0.25, 0.3) is 0 Å². The van der Waals surface area contributed by atoms with Gasteiger partial charge in [0.1, 0.15) is 35.4 Å². The average Bonchev–Trinajstić information content (AvgIpc) is 4.27. The molecule has 0 spiro atoms. The summed E-state index contributed by atoms with van der Waals surface area (Å²) in [5.41, 5.74) is 6.33. The standard InChI is InChI=1S/2C20H14N8.CH4O.2CH3O.2BF4.2Cu/c2*1-3-9-21-15(5-1)17-7-11-27(25-17)19-13-20(24-14-23-19)28-12-8-18(26-28)16-6-2-4-10-22-16;3*1-2;2*2-1(3,4)5;;/h2*1-14H;2H,1H3;2*1H3;;;;/q;;;4*-1;2*+2. The molecule has 0 atom stereocenters. The molecule has 0 bridgehead atoms. The van der Waals surface area contributed by atoms with Gasteiger partial charge < -0.3 is 49.8 Å². The summed E-state index contributed by atoms with van der Waals surface area (Å²) in [5, 5.41) is 41.8. The molecular formula is C43H38B2Cu2F8N16O3. The van der Waals surface area contributed by atoms with Gasteiger partial charge in [-0.25, -0.2) is 38.7 Å². The van der Waals surface area contributed by atoms with E-state index >= 15 is 0 Å². The molecule has 0 saturated carbocycles. The van der Waals surface area contributed by atoms with Crippen LogP contribution in [-0.2, 0) is 34.1 Å². The van der Waals surface area contributed by atoms with Crippen molar-refractivity contribution in [1.29, 1.82) is 0 Å². The van der Waals surface area contributed by atoms with Crippen LogP contribution in [0.2, 0.25) is 0 Å². The molecule has 10 aromatic heterocycles. The monoisotopic (exact) mass is 1130 g/mol. The number of pyridine rings is 4. The van der Waals surface area contributed by atoms with E-state index < -0.39 is 14.5 Å². The SMILES string of the molecule is CO.C[O-].C[O-].F[B-](F)(F)F.F[B-](F)(F)F.[Cu+2].[Cu+2].c1ccc(-c2ccn(-c3cc(-n4ccc(-c5ccccn5)n4)ncn3)n2)nc1.c1ccc(-c2ccn(-c3cc(-n4ccc(-c5ccccn5)n4)ncn3)n2)nc1. The van der Waals surface area contributed by atoms with Crippen LogP contribution in [0.15, 0.2) is 171 Å². The number of halogens is 8. The van der Waals surface area contributed by atoms with E-state index in [9.17, 15) is 34.5 Å². The van der Waals surface area contributed by atoms with Crippen molar-refractivity contribution in [2.24, 2.45) is 0 Å². The van der Waals surface area contributed by atoms with E-state index in [4.69, 9.17) is 15.3 Å². The Hall–Kier alpha value is -7.91. The second-order valence-corrected chi connectivity index (χ2v) is 12.9. The first kappa shape index (κ1) is 62.2. The molecule has 10 rings (SSSR count). The summed E-state index contributed by atoms with van der Waals surface area (Å²) in [4.78, 5) is 34.6. The van der Waals surface area contributed by atoms with Crippen LogP contribution in [0, 0.1) is 0 Å². The first-order valence-corrected chi connectivity index (χ1v) is 20.3. The van der Waals surface area contributed by atoms with Crippen molar-refractivity contribution in [3.8, 4) is 68.8 Å². The van der Waals surface area contributed by atoms with Gasteiger partial charge in [0.15, 0.2) is 23.3 Å². The van der Waals surface area contributed by atoms with E-state index in [-0.39, 0.29) is 34.1 Å². The second-order valence-electron chi connectivity index (χ2n) is 12.9. The normalized spacial score (nSPS) is 10.1. The van der Waals surface area contributed by atoms with Crippen LogP contribution in [0.1, 0.15) is 0 Å². The Morgan fingerprint density at radius 1 is 0.338 bits per heavy atom. The zero-order chi connectivity index (χ0) is 52.5. The first-order valence-electron chi connectivity index (χ1n) is 20.3. The molecule has 392 valence electrons. The Bertz CT molecular complexity index is 2690. The first-order chi connectivity index (χ1) is 34.7. The summed E-state index contributed by atoms with van der Waals surface area (Å²) in [7, 11) is -9.50. The number of aliphatic hydroxyl groups is 1. The molecule has 0 amide bonds. The molecule has 31 heteroatoms. The van der Waals surface area contributed by atoms with Gasteiger partial charge in [-0.2, -0.15) is 34.6 Å². The smallest absolute Gasteiger partial charge is 0.857 e. The Kier molecular flexibility index (Phi) is 26.5. The van der Waals surface area contributed by atoms with Crippen molar-refractivity contribution in [2.75, 3.05) is 21.3 Å². The Morgan fingerprint density at radius 2 is 0.541 bits per heavy atom. The van der Waals surface area contributed by atoms with E-state index in [1.165, 1.54) is 12.7 Å². The molecular weight excluding hydrogens is 1090 g/mol. The van der Waals surface area contributed by atoms with Gasteiger partial charge in [-0.1, -0.05) is 24.3 Å². The summed E-state index contributed by atoms with van der Waals surface area (Å²) >= 11 is 0. The van der Waals surface area contributed by atoms with Gasteiger partial charge in [0.2, 0.25) is 0 Å². The van der Waals surface area contributed by atoms with E-state index in [1.807, 2.05) is 134 Å². The minimum Gasteiger partial charge on any atom is -0.857 e. The van der Waals surface area contributed by atoms with Gasteiger partial charge in [-0.05, 0) is 72.8 Å². The van der Waals surface area contributed by atoms with Crippen molar-refractivity contribution >= 4 is 14.5 Å². The number of rotatable bonds is 8. The van der Waals surface area contributed by atoms with Crippen molar-refractivity contribution in [2.45, 2.75) is 0 Å². The fourth-order valence-electron chi connectivity index (χ4n) is 5.59. The molecule has 10 aromatic rings. The predicted octanol–water partition coefficient (Wildman–Crippen LogP) is 6.10. The molecule has 0 aliphatic rings. The summed E-state index contributed by atoms with van der Waals surface area (Å²) in [5.74, 6) is 2.56. The molecule has 19 nitrogen and oxygen atoms in total. The summed E-state index contributed by atoms with van der Waals surface area (Å²) in [6, 6.07) is 34.1. The van der Waals surface area contributed by atoms with Crippen LogP contribution in [0.25, 0.3) is 68.8 Å². The third-order valence-electron chi connectivity index (χ3n) is 8.28. The van der Waals surface area contributed by atoms with Crippen molar-refractivity contribution in [3.05, 3.63) is 171 Å². The van der Waals surface area contributed by atoms with Gasteiger partial charge in [-0.15, -0.1) is 0 Å². The van der Waals surface area contributed by atoms with Crippen LogP contribution >= 0.6 is 0 Å². The van der Waals surface area contributed by atoms with E-state index in [0.29, 0.717) is 23.3 Å². The predicted molar refractivity (Wildman–Crippen MR) is 246 cm³/mol. The summed E-state index contributed by atoms with van der Waals surface area (Å²) in [6.07, 6.45) is 17.3. The molecule has 10 heterocycles. The molecule has 0 unspecified atom stereocenters. The van der Waals surface area contributed by atoms with Crippen molar-refractivity contribution in [1.82, 2.24) is 79.0 Å². The molecule has 2 radical (unpaired) electrons. The minimum absolute atomic E-state index is 0. The fourth-order valence-corrected chi connectivity index (χ4v) is 5.59. The van der Waals surface area contributed by atoms with E-state index in [0.717, 1.165) is 66.9 Å². The molecule has 0 aliphatic heterocycles. The Balaban J connectivity index is 0.000000387. The van der Waals surface area contributed by atoms with Gasteiger partial charge in [0.05, 0.1) is 22.8 Å². The zero-order valence-corrected chi connectivity index (χ0v) is 40.2. The van der Waals surface area contributed by atoms with Gasteiger partial charge in [0, 0.05) is 68.8 Å². The minimum atomic E-state index is -6.00. The Morgan fingerprint density at radius 3 is 0.716 bits per heavy atom. The second kappa shape index (κ2) is 31.5. The maximum atomic E-state index is 9.75. The zero-order valence-electron chi connectivity index (χ0n) is 38.4. The summed E-state index contributed by atoms with van der Waals surface area (Å²) < 4.78 is 84.8. The maximum Gasteiger partial charge on any atom is 2.00 e. The molecule has 0 aromatic carbocycles. The number of nitrogens with zero attached hydrogens (tertiary/aromatic N) is 16. The fraction of sp³-hybridized carbons (Fsp3) is 0.0698. The van der Waals surface area contributed by atoms with E-state index in [2.05, 4.69) is 60.3 Å². The molecule has 0 saturated heterocycles. The molecule has 74 heavy (non-hydrogen) atoms. The van der Waals surface area contributed by atoms with E-state index in [1.54, 1.807) is 43.5 Å². The van der Waals surface area contributed by atoms with Gasteiger partial charge in [-0.3, -0.25) is 19.9 Å². The van der Waals surface area contributed by atoms with Crippen LogP contribution in [0.4, 0.5) is 34.5 Å². The number of hydrogen-bond donors (Lipinski definition) is 1. The number of hydrogen-bond acceptors (Lipinski definition) is 15. The topological polar surface area (TPSA) is 241 Å².